The second-order valence-corrected chi connectivity index (χ2v) is 6.06. The second kappa shape index (κ2) is 7.53. The third-order valence-electron chi connectivity index (χ3n) is 4.19. The van der Waals surface area contributed by atoms with Crippen molar-refractivity contribution in [2.45, 2.75) is 24.9 Å². The zero-order valence-corrected chi connectivity index (χ0v) is 13.8. The van der Waals surface area contributed by atoms with Crippen molar-refractivity contribution < 1.29 is 19.1 Å². The van der Waals surface area contributed by atoms with Gasteiger partial charge in [0.05, 0.1) is 7.11 Å². The maximum Gasteiger partial charge on any atom is 0.261 e. The average Bonchev–Trinajstić information content (AvgIpc) is 3.43. The predicted octanol–water partition coefficient (Wildman–Crippen LogP) is 0.153. The van der Waals surface area contributed by atoms with Gasteiger partial charge in [0.25, 0.3) is 5.91 Å². The molecule has 0 spiro atoms. The van der Waals surface area contributed by atoms with Crippen LogP contribution in [0.4, 0.5) is 0 Å². The third kappa shape index (κ3) is 4.17. The summed E-state index contributed by atoms with van der Waals surface area (Å²) in [4.78, 5) is 26.4. The number of rotatable bonds is 6. The van der Waals surface area contributed by atoms with Gasteiger partial charge in [-0.05, 0) is 25.0 Å². The van der Waals surface area contributed by atoms with Crippen molar-refractivity contribution in [2.75, 3.05) is 33.4 Å². The Morgan fingerprint density at radius 2 is 2.12 bits per heavy atom. The number of nitrogens with one attached hydrogen (secondary N) is 2. The van der Waals surface area contributed by atoms with E-state index in [1.807, 2.05) is 6.07 Å². The number of nitrogens with zero attached hydrogens (tertiary/aromatic N) is 1. The highest BCUT2D eigenvalue weighted by molar-refractivity contribution is 5.89. The van der Waals surface area contributed by atoms with Gasteiger partial charge < -0.3 is 25.0 Å². The third-order valence-corrected chi connectivity index (χ3v) is 4.19. The Labute approximate surface area is 141 Å². The number of hydrogen-bond acceptors (Lipinski definition) is 5. The van der Waals surface area contributed by atoms with Crippen LogP contribution >= 0.6 is 0 Å². The van der Waals surface area contributed by atoms with Crippen LogP contribution < -0.4 is 20.1 Å². The van der Waals surface area contributed by atoms with Gasteiger partial charge in [-0.15, -0.1) is 0 Å². The summed E-state index contributed by atoms with van der Waals surface area (Å²) in [7, 11) is 1.58. The molecule has 2 aliphatic rings. The summed E-state index contributed by atoms with van der Waals surface area (Å²) in [6, 6.07) is 6.91. The number of carbonyl (C=O) groups excluding carboxylic acids is 2. The van der Waals surface area contributed by atoms with Crippen LogP contribution in [0.5, 0.6) is 11.5 Å². The average molecular weight is 333 g/mol. The first-order valence-electron chi connectivity index (χ1n) is 8.25. The smallest absolute Gasteiger partial charge is 0.261 e. The van der Waals surface area contributed by atoms with Crippen LogP contribution in [-0.4, -0.2) is 62.1 Å². The molecular weight excluding hydrogens is 310 g/mol. The predicted molar refractivity (Wildman–Crippen MR) is 88.0 cm³/mol. The van der Waals surface area contributed by atoms with Gasteiger partial charge >= 0.3 is 0 Å². The highest BCUT2D eigenvalue weighted by Gasteiger charge is 2.34. The summed E-state index contributed by atoms with van der Waals surface area (Å²) < 4.78 is 10.7. The minimum Gasteiger partial charge on any atom is -0.497 e. The standard InChI is InChI=1S/C17H23N3O4/c1-23-13-3-2-4-14(9-13)24-11-16(21)20-8-7-18-10-15(20)17(22)19-12-5-6-12/h2-4,9,12,15,18H,5-8,10-11H2,1H3,(H,19,22)/t15-/m1/s1. The molecule has 1 heterocycles. The quantitative estimate of drug-likeness (QED) is 0.775. The van der Waals surface area contributed by atoms with Crippen LogP contribution in [0.15, 0.2) is 24.3 Å². The molecule has 1 aromatic carbocycles. The Bertz CT molecular complexity index is 603. The molecule has 7 heteroatoms. The summed E-state index contributed by atoms with van der Waals surface area (Å²) >= 11 is 0. The van der Waals surface area contributed by atoms with Gasteiger partial charge in [-0.1, -0.05) is 6.07 Å². The maximum absolute atomic E-state index is 12.5. The molecule has 1 saturated carbocycles. The molecule has 130 valence electrons. The fourth-order valence-corrected chi connectivity index (χ4v) is 2.68. The molecule has 1 saturated heterocycles. The number of carbonyl (C=O) groups is 2. The van der Waals surface area contributed by atoms with Gasteiger partial charge in [-0.25, -0.2) is 0 Å². The lowest BCUT2D eigenvalue weighted by molar-refractivity contribution is -0.143. The molecule has 24 heavy (non-hydrogen) atoms. The van der Waals surface area contributed by atoms with E-state index in [0.29, 0.717) is 31.1 Å². The summed E-state index contributed by atoms with van der Waals surface area (Å²) in [6.07, 6.45) is 2.05. The van der Waals surface area contributed by atoms with Gasteiger partial charge in [0.15, 0.2) is 6.61 Å². The van der Waals surface area contributed by atoms with Gasteiger partial charge in [0.1, 0.15) is 17.5 Å². The molecule has 1 aromatic rings. The first kappa shape index (κ1) is 16.6. The Morgan fingerprint density at radius 3 is 2.88 bits per heavy atom. The molecule has 2 fully saturated rings. The molecule has 0 unspecified atom stereocenters. The van der Waals surface area contributed by atoms with E-state index in [0.717, 1.165) is 12.8 Å². The first-order valence-corrected chi connectivity index (χ1v) is 8.25. The molecule has 0 radical (unpaired) electrons. The second-order valence-electron chi connectivity index (χ2n) is 6.06. The first-order chi connectivity index (χ1) is 11.7. The molecule has 0 bridgehead atoms. The van der Waals surface area contributed by atoms with Gasteiger partial charge in [0.2, 0.25) is 5.91 Å². The number of methoxy groups -OCH3 is 1. The zero-order valence-electron chi connectivity index (χ0n) is 13.8. The summed E-state index contributed by atoms with van der Waals surface area (Å²) in [5.74, 6) is 0.968. The fraction of sp³-hybridized carbons (Fsp3) is 0.529. The van der Waals surface area contributed by atoms with Crippen molar-refractivity contribution in [1.29, 1.82) is 0 Å². The normalized spacial score (nSPS) is 20.4. The van der Waals surface area contributed by atoms with Gasteiger partial charge in [0, 0.05) is 31.7 Å². The lowest BCUT2D eigenvalue weighted by atomic mass is 10.1. The maximum atomic E-state index is 12.5. The van der Waals surface area contributed by atoms with Crippen molar-refractivity contribution in [1.82, 2.24) is 15.5 Å². The highest BCUT2D eigenvalue weighted by Crippen LogP contribution is 2.20. The molecule has 2 N–H and O–H groups in total. The molecule has 0 aromatic heterocycles. The number of amides is 2. The Balaban J connectivity index is 1.57. The number of ether oxygens (including phenoxy) is 2. The minimum absolute atomic E-state index is 0.0839. The lowest BCUT2D eigenvalue weighted by Crippen LogP contribution is -2.60. The van der Waals surface area contributed by atoms with Crippen molar-refractivity contribution in [2.24, 2.45) is 0 Å². The molecule has 2 amide bonds. The molecule has 1 atom stereocenters. The Morgan fingerprint density at radius 1 is 1.33 bits per heavy atom. The van der Waals surface area contributed by atoms with E-state index in [-0.39, 0.29) is 24.5 Å². The van der Waals surface area contributed by atoms with Crippen LogP contribution in [0.25, 0.3) is 0 Å². The lowest BCUT2D eigenvalue weighted by Gasteiger charge is -2.35. The van der Waals surface area contributed by atoms with E-state index < -0.39 is 6.04 Å². The Hall–Kier alpha value is -2.28. The molecule has 1 aliphatic carbocycles. The molecular formula is C17H23N3O4. The van der Waals surface area contributed by atoms with Gasteiger partial charge in [-0.2, -0.15) is 0 Å². The monoisotopic (exact) mass is 333 g/mol. The minimum atomic E-state index is -0.472. The SMILES string of the molecule is COc1cccc(OCC(=O)N2CCNC[C@@H]2C(=O)NC2CC2)c1. The van der Waals surface area contributed by atoms with E-state index >= 15 is 0 Å². The van der Waals surface area contributed by atoms with Crippen molar-refractivity contribution >= 4 is 11.8 Å². The molecule has 7 nitrogen and oxygen atoms in total. The van der Waals surface area contributed by atoms with E-state index in [1.54, 1.807) is 30.2 Å². The van der Waals surface area contributed by atoms with Crippen LogP contribution in [0, 0.1) is 0 Å². The van der Waals surface area contributed by atoms with Crippen molar-refractivity contribution in [3.8, 4) is 11.5 Å². The fourth-order valence-electron chi connectivity index (χ4n) is 2.68. The number of hydrogen-bond donors (Lipinski definition) is 2. The molecule has 3 rings (SSSR count). The van der Waals surface area contributed by atoms with Crippen LogP contribution in [0.2, 0.25) is 0 Å². The van der Waals surface area contributed by atoms with E-state index in [1.165, 1.54) is 0 Å². The van der Waals surface area contributed by atoms with Crippen molar-refractivity contribution in [3.05, 3.63) is 24.3 Å². The summed E-state index contributed by atoms with van der Waals surface area (Å²) in [6.45, 7) is 1.56. The topological polar surface area (TPSA) is 79.9 Å². The van der Waals surface area contributed by atoms with Crippen LogP contribution in [0.1, 0.15) is 12.8 Å². The Kier molecular flexibility index (Phi) is 5.20. The van der Waals surface area contributed by atoms with E-state index in [9.17, 15) is 9.59 Å². The van der Waals surface area contributed by atoms with Crippen LogP contribution in [0.3, 0.4) is 0 Å². The summed E-state index contributed by atoms with van der Waals surface area (Å²) in [5, 5.41) is 6.14. The highest BCUT2D eigenvalue weighted by atomic mass is 16.5. The largest absolute Gasteiger partial charge is 0.497 e. The van der Waals surface area contributed by atoms with Gasteiger partial charge in [-0.3, -0.25) is 9.59 Å². The van der Waals surface area contributed by atoms with Crippen molar-refractivity contribution in [3.63, 3.8) is 0 Å². The van der Waals surface area contributed by atoms with E-state index in [2.05, 4.69) is 10.6 Å². The molecule has 1 aliphatic heterocycles. The number of benzene rings is 1. The number of piperazine rings is 1. The van der Waals surface area contributed by atoms with Crippen LogP contribution in [-0.2, 0) is 9.59 Å². The van der Waals surface area contributed by atoms with E-state index in [4.69, 9.17) is 9.47 Å². The zero-order chi connectivity index (χ0) is 16.9. The summed E-state index contributed by atoms with van der Waals surface area (Å²) in [5.41, 5.74) is 0.